The third-order valence-corrected chi connectivity index (χ3v) is 6.04. The summed E-state index contributed by atoms with van der Waals surface area (Å²) in [6.45, 7) is 11.5. The molecule has 0 amide bonds. The predicted molar refractivity (Wildman–Crippen MR) is 125 cm³/mol. The number of benzene rings is 1. The standard InChI is InChI=1S/C24H32N8/c1-6-8-9-21-25-23(16(3)7-2)28-31(21)15-19-10-12-20(13-11-19)32-18(5)14-17(4)22(32)24-26-29-30-27-24/h10-14,16H,6-9,15H2,1-5H3,(H,26,27,29,30). The van der Waals surface area contributed by atoms with E-state index >= 15 is 0 Å². The molecule has 8 nitrogen and oxygen atoms in total. The average molecular weight is 433 g/mol. The molecule has 32 heavy (non-hydrogen) atoms. The Morgan fingerprint density at radius 1 is 1.09 bits per heavy atom. The van der Waals surface area contributed by atoms with Crippen LogP contribution in [0.25, 0.3) is 17.2 Å². The van der Waals surface area contributed by atoms with Gasteiger partial charge in [-0.15, -0.1) is 5.10 Å². The zero-order valence-electron chi connectivity index (χ0n) is 19.6. The van der Waals surface area contributed by atoms with Crippen LogP contribution in [0.15, 0.2) is 30.3 Å². The lowest BCUT2D eigenvalue weighted by Crippen LogP contribution is -2.08. The molecule has 3 aromatic heterocycles. The maximum atomic E-state index is 4.86. The zero-order valence-corrected chi connectivity index (χ0v) is 19.6. The van der Waals surface area contributed by atoms with Gasteiger partial charge in [0.15, 0.2) is 11.6 Å². The number of nitrogens with zero attached hydrogens (tertiary/aromatic N) is 7. The van der Waals surface area contributed by atoms with Crippen LogP contribution in [0.5, 0.6) is 0 Å². The van der Waals surface area contributed by atoms with Gasteiger partial charge in [-0.3, -0.25) is 0 Å². The number of tetrazole rings is 1. The van der Waals surface area contributed by atoms with Gasteiger partial charge < -0.3 is 4.57 Å². The number of aryl methyl sites for hydroxylation is 3. The largest absolute Gasteiger partial charge is 0.311 e. The fourth-order valence-electron chi connectivity index (χ4n) is 4.04. The summed E-state index contributed by atoms with van der Waals surface area (Å²) < 4.78 is 4.27. The molecule has 0 aliphatic heterocycles. The van der Waals surface area contributed by atoms with E-state index in [0.29, 0.717) is 11.7 Å². The molecule has 0 saturated heterocycles. The van der Waals surface area contributed by atoms with Gasteiger partial charge in [0.25, 0.3) is 0 Å². The van der Waals surface area contributed by atoms with Gasteiger partial charge in [-0.1, -0.05) is 39.3 Å². The molecule has 1 unspecified atom stereocenters. The SMILES string of the molecule is CCCCc1nc(C(C)CC)nn1Cc1ccc(-n2c(C)cc(C)c2-c2nnn[nH]2)cc1. The molecule has 0 saturated carbocycles. The Balaban J connectivity index is 1.62. The monoisotopic (exact) mass is 432 g/mol. The van der Waals surface area contributed by atoms with E-state index in [4.69, 9.17) is 10.1 Å². The minimum absolute atomic E-state index is 0.378. The summed E-state index contributed by atoms with van der Waals surface area (Å²) in [6, 6.07) is 10.8. The fourth-order valence-corrected chi connectivity index (χ4v) is 4.04. The summed E-state index contributed by atoms with van der Waals surface area (Å²) in [5.41, 5.74) is 5.53. The van der Waals surface area contributed by atoms with Crippen LogP contribution in [0.4, 0.5) is 0 Å². The lowest BCUT2D eigenvalue weighted by atomic mass is 10.1. The Kier molecular flexibility index (Phi) is 6.48. The zero-order chi connectivity index (χ0) is 22.7. The van der Waals surface area contributed by atoms with Crippen LogP contribution in [0.2, 0.25) is 0 Å². The molecular formula is C24H32N8. The van der Waals surface area contributed by atoms with Crippen molar-refractivity contribution in [1.29, 1.82) is 0 Å². The van der Waals surface area contributed by atoms with Gasteiger partial charge in [-0.05, 0) is 66.4 Å². The maximum Gasteiger partial charge on any atom is 0.196 e. The fraction of sp³-hybridized carbons (Fsp3) is 0.458. The molecule has 0 bridgehead atoms. The lowest BCUT2D eigenvalue weighted by molar-refractivity contribution is 0.602. The number of aromatic amines is 1. The molecule has 1 aromatic carbocycles. The van der Waals surface area contributed by atoms with E-state index in [9.17, 15) is 0 Å². The molecule has 4 rings (SSSR count). The number of nitrogens with one attached hydrogen (secondary N) is 1. The van der Waals surface area contributed by atoms with Crippen molar-refractivity contribution in [3.8, 4) is 17.2 Å². The van der Waals surface area contributed by atoms with Crippen molar-refractivity contribution in [2.45, 2.75) is 72.8 Å². The first-order chi connectivity index (χ1) is 15.5. The smallest absolute Gasteiger partial charge is 0.196 e. The van der Waals surface area contributed by atoms with Gasteiger partial charge in [0.1, 0.15) is 5.82 Å². The minimum Gasteiger partial charge on any atom is -0.311 e. The molecular weight excluding hydrogens is 400 g/mol. The second kappa shape index (κ2) is 9.46. The number of aromatic nitrogens is 8. The molecule has 1 N–H and O–H groups in total. The molecule has 0 aliphatic rings. The van der Waals surface area contributed by atoms with Gasteiger partial charge in [0, 0.05) is 23.7 Å². The Bertz CT molecular complexity index is 1150. The maximum absolute atomic E-state index is 4.86. The van der Waals surface area contributed by atoms with Crippen molar-refractivity contribution in [3.05, 3.63) is 58.8 Å². The highest BCUT2D eigenvalue weighted by atomic mass is 15.5. The molecule has 1 atom stereocenters. The number of unbranched alkanes of at least 4 members (excludes halogenated alkanes) is 1. The van der Waals surface area contributed by atoms with Gasteiger partial charge in [-0.25, -0.2) is 14.8 Å². The van der Waals surface area contributed by atoms with Crippen molar-refractivity contribution >= 4 is 0 Å². The Labute approximate surface area is 189 Å². The van der Waals surface area contributed by atoms with Crippen LogP contribution in [-0.4, -0.2) is 40.0 Å². The van der Waals surface area contributed by atoms with E-state index in [2.05, 4.69) is 94.8 Å². The van der Waals surface area contributed by atoms with Crippen molar-refractivity contribution in [2.75, 3.05) is 0 Å². The summed E-state index contributed by atoms with van der Waals surface area (Å²) in [4.78, 5) is 4.86. The lowest BCUT2D eigenvalue weighted by Gasteiger charge is -2.12. The van der Waals surface area contributed by atoms with Crippen LogP contribution in [-0.2, 0) is 13.0 Å². The molecule has 4 aromatic rings. The van der Waals surface area contributed by atoms with Gasteiger partial charge >= 0.3 is 0 Å². The Morgan fingerprint density at radius 3 is 2.53 bits per heavy atom. The van der Waals surface area contributed by atoms with E-state index in [1.807, 2.05) is 0 Å². The summed E-state index contributed by atoms with van der Waals surface area (Å²) >= 11 is 0. The topological polar surface area (TPSA) is 90.1 Å². The van der Waals surface area contributed by atoms with Crippen LogP contribution >= 0.6 is 0 Å². The van der Waals surface area contributed by atoms with Crippen molar-refractivity contribution < 1.29 is 0 Å². The van der Waals surface area contributed by atoms with Crippen molar-refractivity contribution in [3.63, 3.8) is 0 Å². The third-order valence-electron chi connectivity index (χ3n) is 6.04. The molecule has 0 fully saturated rings. The van der Waals surface area contributed by atoms with Gasteiger partial charge in [0.05, 0.1) is 12.2 Å². The minimum atomic E-state index is 0.378. The summed E-state index contributed by atoms with van der Waals surface area (Å²) in [6.07, 6.45) is 4.29. The molecule has 8 heteroatoms. The highest BCUT2D eigenvalue weighted by Gasteiger charge is 2.17. The number of rotatable bonds is 9. The molecule has 0 aliphatic carbocycles. The van der Waals surface area contributed by atoms with Gasteiger partial charge in [0.2, 0.25) is 0 Å². The van der Waals surface area contributed by atoms with E-state index in [0.717, 1.165) is 66.5 Å². The average Bonchev–Trinajstić information content (AvgIpc) is 3.51. The van der Waals surface area contributed by atoms with Gasteiger partial charge in [-0.2, -0.15) is 5.10 Å². The number of hydrogen-bond acceptors (Lipinski definition) is 5. The first kappa shape index (κ1) is 21.9. The third kappa shape index (κ3) is 4.35. The summed E-state index contributed by atoms with van der Waals surface area (Å²) in [5.74, 6) is 3.09. The van der Waals surface area contributed by atoms with Crippen LogP contribution in [0.1, 0.15) is 74.4 Å². The summed E-state index contributed by atoms with van der Waals surface area (Å²) in [5, 5.41) is 19.3. The molecule has 3 heterocycles. The highest BCUT2D eigenvalue weighted by molar-refractivity contribution is 5.61. The van der Waals surface area contributed by atoms with Crippen LogP contribution < -0.4 is 0 Å². The second-order valence-corrected chi connectivity index (χ2v) is 8.53. The Hall–Kier alpha value is -3.29. The number of hydrogen-bond donors (Lipinski definition) is 1. The Morgan fingerprint density at radius 2 is 1.88 bits per heavy atom. The predicted octanol–water partition coefficient (Wildman–Crippen LogP) is 4.77. The number of H-pyrrole nitrogens is 1. The summed E-state index contributed by atoms with van der Waals surface area (Å²) in [7, 11) is 0. The molecule has 0 spiro atoms. The van der Waals surface area contributed by atoms with Crippen LogP contribution in [0, 0.1) is 13.8 Å². The van der Waals surface area contributed by atoms with E-state index in [1.165, 1.54) is 5.56 Å². The molecule has 168 valence electrons. The van der Waals surface area contributed by atoms with E-state index in [-0.39, 0.29) is 0 Å². The normalized spacial score (nSPS) is 12.4. The van der Waals surface area contributed by atoms with E-state index < -0.39 is 0 Å². The van der Waals surface area contributed by atoms with Crippen LogP contribution in [0.3, 0.4) is 0 Å². The quantitative estimate of drug-likeness (QED) is 0.411. The first-order valence-electron chi connectivity index (χ1n) is 11.5. The highest BCUT2D eigenvalue weighted by Crippen LogP contribution is 2.28. The molecule has 0 radical (unpaired) electrons. The first-order valence-corrected chi connectivity index (χ1v) is 11.5. The van der Waals surface area contributed by atoms with Crippen molar-refractivity contribution in [2.24, 2.45) is 0 Å². The van der Waals surface area contributed by atoms with Crippen molar-refractivity contribution in [1.82, 2.24) is 40.0 Å². The van der Waals surface area contributed by atoms with E-state index in [1.54, 1.807) is 0 Å². The second-order valence-electron chi connectivity index (χ2n) is 8.53.